The minimum Gasteiger partial charge on any atom is -0.348 e. The second-order valence-electron chi connectivity index (χ2n) is 6.61. The molecule has 3 nitrogen and oxygen atoms in total. The minimum absolute atomic E-state index is 0.0118. The van der Waals surface area contributed by atoms with Gasteiger partial charge in [0.25, 0.3) is 0 Å². The number of nitrogens with one attached hydrogen (secondary N) is 1. The molecule has 0 unspecified atom stereocenters. The Hall–Kier alpha value is -0.710. The van der Waals surface area contributed by atoms with Crippen LogP contribution in [0.5, 0.6) is 0 Å². The maximum absolute atomic E-state index is 12.6. The number of carbonyl (C=O) groups excluding carboxylic acids is 1. The highest BCUT2D eigenvalue weighted by Gasteiger charge is 2.29. The van der Waals surface area contributed by atoms with Gasteiger partial charge in [-0.3, -0.25) is 9.69 Å². The zero-order valence-electron chi connectivity index (χ0n) is 14.4. The van der Waals surface area contributed by atoms with Gasteiger partial charge in [-0.1, -0.05) is 37.6 Å². The molecule has 5 heteroatoms. The zero-order chi connectivity index (χ0) is 17.0. The van der Waals surface area contributed by atoms with Crippen molar-refractivity contribution in [2.75, 3.05) is 18.8 Å². The van der Waals surface area contributed by atoms with Crippen LogP contribution in [0.3, 0.4) is 0 Å². The lowest BCUT2D eigenvalue weighted by molar-refractivity contribution is -0.126. The summed E-state index contributed by atoms with van der Waals surface area (Å²) in [5.41, 5.74) is 1.07. The smallest absolute Gasteiger partial charge is 0.237 e. The lowest BCUT2D eigenvalue weighted by Crippen LogP contribution is -2.51. The highest BCUT2D eigenvalue weighted by atomic mass is 35.5. The summed E-state index contributed by atoms with van der Waals surface area (Å²) in [6.45, 7) is 10.5. The summed E-state index contributed by atoms with van der Waals surface area (Å²) in [5, 5.41) is 4.46. The molecule has 128 valence electrons. The van der Waals surface area contributed by atoms with E-state index in [1.54, 1.807) is 0 Å². The molecular weight excluding hydrogens is 328 g/mol. The molecule has 0 aliphatic carbocycles. The molecule has 0 radical (unpaired) electrons. The van der Waals surface area contributed by atoms with Crippen LogP contribution in [0, 0.1) is 5.92 Å². The second-order valence-corrected chi connectivity index (χ2v) is 8.39. The zero-order valence-corrected chi connectivity index (χ0v) is 16.0. The molecule has 0 aromatic heterocycles. The van der Waals surface area contributed by atoms with E-state index in [9.17, 15) is 4.79 Å². The van der Waals surface area contributed by atoms with Crippen LogP contribution in [0.15, 0.2) is 24.3 Å². The number of thioether (sulfide) groups is 1. The summed E-state index contributed by atoms with van der Waals surface area (Å²) in [5.74, 6) is 1.85. The number of amides is 1. The van der Waals surface area contributed by atoms with Gasteiger partial charge in [-0.2, -0.15) is 11.8 Å². The maximum atomic E-state index is 12.6. The lowest BCUT2D eigenvalue weighted by atomic mass is 10.1. The fourth-order valence-corrected chi connectivity index (χ4v) is 4.24. The Balaban J connectivity index is 1.92. The molecular formula is C18H27ClN2OS. The van der Waals surface area contributed by atoms with Crippen molar-refractivity contribution in [1.82, 2.24) is 10.2 Å². The topological polar surface area (TPSA) is 32.3 Å². The van der Waals surface area contributed by atoms with Crippen molar-refractivity contribution in [3.05, 3.63) is 34.9 Å². The summed E-state index contributed by atoms with van der Waals surface area (Å²) in [4.78, 5) is 14.9. The molecule has 1 amide bonds. The Kier molecular flexibility index (Phi) is 6.81. The van der Waals surface area contributed by atoms with Crippen LogP contribution >= 0.6 is 23.4 Å². The van der Waals surface area contributed by atoms with Crippen LogP contribution in [0.4, 0.5) is 0 Å². The van der Waals surface area contributed by atoms with E-state index in [0.717, 1.165) is 24.4 Å². The third-order valence-corrected chi connectivity index (χ3v) is 6.32. The number of carbonyl (C=O) groups is 1. The van der Waals surface area contributed by atoms with Gasteiger partial charge in [0.05, 0.1) is 12.1 Å². The molecule has 2 rings (SSSR count). The Bertz CT molecular complexity index is 520. The molecule has 1 N–H and O–H groups in total. The Morgan fingerprint density at radius 1 is 1.26 bits per heavy atom. The average Bonchev–Trinajstić information content (AvgIpc) is 2.54. The molecule has 1 heterocycles. The largest absolute Gasteiger partial charge is 0.348 e. The molecule has 0 saturated carbocycles. The Morgan fingerprint density at radius 2 is 1.91 bits per heavy atom. The standard InChI is InChI=1S/C18H27ClN2OS/c1-12(2)17-11-21(9-10-23-17)14(4)18(22)20-13(3)15-5-7-16(19)8-6-15/h5-8,12-14,17H,9-11H2,1-4H3,(H,20,22)/t13-,14+,17+/m0/s1. The molecule has 1 aromatic carbocycles. The fraction of sp³-hybridized carbons (Fsp3) is 0.611. The normalized spacial score (nSPS) is 21.9. The van der Waals surface area contributed by atoms with E-state index in [4.69, 9.17) is 11.6 Å². The highest BCUT2D eigenvalue weighted by Crippen LogP contribution is 2.26. The van der Waals surface area contributed by atoms with E-state index in [1.165, 1.54) is 0 Å². The summed E-state index contributed by atoms with van der Waals surface area (Å²) < 4.78 is 0. The first-order valence-corrected chi connectivity index (χ1v) is 9.72. The van der Waals surface area contributed by atoms with Gasteiger partial charge >= 0.3 is 0 Å². The first kappa shape index (κ1) is 18.6. The molecule has 0 bridgehead atoms. The van der Waals surface area contributed by atoms with Crippen molar-refractivity contribution in [2.24, 2.45) is 5.92 Å². The predicted octanol–water partition coefficient (Wildman–Crippen LogP) is 3.98. The van der Waals surface area contributed by atoms with Gasteiger partial charge in [0, 0.05) is 29.1 Å². The lowest BCUT2D eigenvalue weighted by Gasteiger charge is -2.37. The van der Waals surface area contributed by atoms with Gasteiger partial charge in [-0.25, -0.2) is 0 Å². The van der Waals surface area contributed by atoms with Crippen molar-refractivity contribution >= 4 is 29.3 Å². The molecule has 1 aliphatic rings. The van der Waals surface area contributed by atoms with Crippen molar-refractivity contribution in [3.63, 3.8) is 0 Å². The number of benzene rings is 1. The van der Waals surface area contributed by atoms with Gasteiger partial charge in [0.1, 0.15) is 0 Å². The first-order chi connectivity index (χ1) is 10.9. The van der Waals surface area contributed by atoms with E-state index in [2.05, 4.69) is 24.1 Å². The number of hydrogen-bond donors (Lipinski definition) is 1. The summed E-state index contributed by atoms with van der Waals surface area (Å²) in [6, 6.07) is 7.54. The number of rotatable bonds is 5. The maximum Gasteiger partial charge on any atom is 0.237 e. The van der Waals surface area contributed by atoms with Gasteiger partial charge in [0.2, 0.25) is 5.91 Å². The molecule has 23 heavy (non-hydrogen) atoms. The van der Waals surface area contributed by atoms with Crippen molar-refractivity contribution in [3.8, 4) is 0 Å². The van der Waals surface area contributed by atoms with Crippen LogP contribution in [-0.2, 0) is 4.79 Å². The predicted molar refractivity (Wildman–Crippen MR) is 100 cm³/mol. The van der Waals surface area contributed by atoms with E-state index in [-0.39, 0.29) is 18.0 Å². The van der Waals surface area contributed by atoms with Crippen molar-refractivity contribution in [2.45, 2.75) is 45.0 Å². The SMILES string of the molecule is CC(C)[C@H]1CN([C@H](C)C(=O)N[C@@H](C)c2ccc(Cl)cc2)CCS1. The van der Waals surface area contributed by atoms with Gasteiger partial charge in [-0.15, -0.1) is 0 Å². The third-order valence-electron chi connectivity index (χ3n) is 4.52. The van der Waals surface area contributed by atoms with Crippen LogP contribution in [0.1, 0.15) is 39.3 Å². The molecule has 1 aromatic rings. The molecule has 1 saturated heterocycles. The van der Waals surface area contributed by atoms with Crippen LogP contribution < -0.4 is 5.32 Å². The van der Waals surface area contributed by atoms with Crippen molar-refractivity contribution in [1.29, 1.82) is 0 Å². The highest BCUT2D eigenvalue weighted by molar-refractivity contribution is 8.00. The average molecular weight is 355 g/mol. The molecule has 1 aliphatic heterocycles. The van der Waals surface area contributed by atoms with E-state index < -0.39 is 0 Å². The Labute approximate surface area is 149 Å². The van der Waals surface area contributed by atoms with E-state index >= 15 is 0 Å². The molecule has 0 spiro atoms. The van der Waals surface area contributed by atoms with Crippen molar-refractivity contribution < 1.29 is 4.79 Å². The monoisotopic (exact) mass is 354 g/mol. The van der Waals surface area contributed by atoms with E-state index in [1.807, 2.05) is 49.9 Å². The third kappa shape index (κ3) is 5.13. The number of halogens is 1. The van der Waals surface area contributed by atoms with Crippen LogP contribution in [-0.4, -0.2) is 40.9 Å². The summed E-state index contributed by atoms with van der Waals surface area (Å²) >= 11 is 7.95. The van der Waals surface area contributed by atoms with Gasteiger partial charge < -0.3 is 5.32 Å². The first-order valence-electron chi connectivity index (χ1n) is 8.30. The van der Waals surface area contributed by atoms with Crippen LogP contribution in [0.2, 0.25) is 5.02 Å². The molecule has 3 atom stereocenters. The molecule has 1 fully saturated rings. The van der Waals surface area contributed by atoms with E-state index in [0.29, 0.717) is 16.2 Å². The number of hydrogen-bond acceptors (Lipinski definition) is 3. The summed E-state index contributed by atoms with van der Waals surface area (Å²) in [6.07, 6.45) is 0. The quantitative estimate of drug-likeness (QED) is 0.868. The fourth-order valence-electron chi connectivity index (χ4n) is 2.79. The van der Waals surface area contributed by atoms with Gasteiger partial charge in [-0.05, 0) is 37.5 Å². The summed E-state index contributed by atoms with van der Waals surface area (Å²) in [7, 11) is 0. The minimum atomic E-state index is -0.0908. The Morgan fingerprint density at radius 3 is 2.52 bits per heavy atom. The number of nitrogens with zero attached hydrogens (tertiary/aromatic N) is 1. The second kappa shape index (κ2) is 8.41. The van der Waals surface area contributed by atoms with Crippen LogP contribution in [0.25, 0.3) is 0 Å². The van der Waals surface area contributed by atoms with Gasteiger partial charge in [0.15, 0.2) is 0 Å².